The van der Waals surface area contributed by atoms with Gasteiger partial charge < -0.3 is 10.2 Å². The van der Waals surface area contributed by atoms with Crippen molar-refractivity contribution < 1.29 is 17.6 Å². The quantitative estimate of drug-likeness (QED) is 0.801. The van der Waals surface area contributed by atoms with Gasteiger partial charge in [0.15, 0.2) is 0 Å². The van der Waals surface area contributed by atoms with E-state index in [1.165, 1.54) is 31.9 Å². The predicted molar refractivity (Wildman–Crippen MR) is 110 cm³/mol. The minimum Gasteiger partial charge on any atom is -0.372 e. The second-order valence-corrected chi connectivity index (χ2v) is 8.80. The van der Waals surface area contributed by atoms with Gasteiger partial charge in [-0.15, -0.1) is 0 Å². The summed E-state index contributed by atoms with van der Waals surface area (Å²) in [6, 6.07) is 11.5. The second-order valence-electron chi connectivity index (χ2n) is 6.94. The Morgan fingerprint density at radius 1 is 1.07 bits per heavy atom. The van der Waals surface area contributed by atoms with Crippen LogP contribution in [0.3, 0.4) is 0 Å². The highest BCUT2D eigenvalue weighted by Gasteiger charge is 2.29. The average Bonchev–Trinajstić information content (AvgIpc) is 3.17. The average molecular weight is 405 g/mol. The van der Waals surface area contributed by atoms with Crippen LogP contribution in [0.1, 0.15) is 19.8 Å². The van der Waals surface area contributed by atoms with Crippen molar-refractivity contribution in [2.24, 2.45) is 0 Å². The SMILES string of the molecule is C[C@@H](C(=O)Nc1ccc(N2CCCC2)cc1)N(c1ccc(F)cc1)S(C)(=O)=O. The number of hydrogen-bond acceptors (Lipinski definition) is 4. The van der Waals surface area contributed by atoms with Crippen molar-refractivity contribution in [3.05, 3.63) is 54.3 Å². The van der Waals surface area contributed by atoms with Gasteiger partial charge in [-0.2, -0.15) is 0 Å². The molecule has 6 nitrogen and oxygen atoms in total. The topological polar surface area (TPSA) is 69.7 Å². The third-order valence-electron chi connectivity index (χ3n) is 4.78. The normalized spacial score (nSPS) is 15.3. The molecule has 8 heteroatoms. The summed E-state index contributed by atoms with van der Waals surface area (Å²) in [6.45, 7) is 3.56. The number of nitrogens with zero attached hydrogens (tertiary/aromatic N) is 2. The first-order chi connectivity index (χ1) is 13.3. The van der Waals surface area contributed by atoms with E-state index in [-0.39, 0.29) is 5.69 Å². The second kappa shape index (κ2) is 8.18. The highest BCUT2D eigenvalue weighted by atomic mass is 32.2. The van der Waals surface area contributed by atoms with Crippen LogP contribution in [0.25, 0.3) is 0 Å². The Morgan fingerprint density at radius 3 is 2.18 bits per heavy atom. The Kier molecular flexibility index (Phi) is 5.88. The minimum atomic E-state index is -3.74. The van der Waals surface area contributed by atoms with Crippen LogP contribution in [-0.2, 0) is 14.8 Å². The van der Waals surface area contributed by atoms with E-state index >= 15 is 0 Å². The standard InChI is InChI=1S/C20H24FN3O3S/c1-15(24(28(2,26)27)19-9-5-16(21)6-10-19)20(25)22-17-7-11-18(12-8-17)23-13-3-4-14-23/h5-12,15H,3-4,13-14H2,1-2H3,(H,22,25)/t15-/m0/s1. The van der Waals surface area contributed by atoms with E-state index in [1.54, 1.807) is 12.1 Å². The summed E-state index contributed by atoms with van der Waals surface area (Å²) in [4.78, 5) is 15.0. The van der Waals surface area contributed by atoms with Gasteiger partial charge in [-0.25, -0.2) is 12.8 Å². The summed E-state index contributed by atoms with van der Waals surface area (Å²) < 4.78 is 38.7. The minimum absolute atomic E-state index is 0.232. The fourth-order valence-electron chi connectivity index (χ4n) is 3.37. The first-order valence-electron chi connectivity index (χ1n) is 9.16. The molecule has 2 aromatic rings. The number of sulfonamides is 1. The van der Waals surface area contributed by atoms with Crippen molar-refractivity contribution in [2.75, 3.05) is 33.9 Å². The molecule has 1 N–H and O–H groups in total. The van der Waals surface area contributed by atoms with Crippen LogP contribution >= 0.6 is 0 Å². The van der Waals surface area contributed by atoms with E-state index in [4.69, 9.17) is 0 Å². The smallest absolute Gasteiger partial charge is 0.247 e. The molecule has 0 unspecified atom stereocenters. The number of benzene rings is 2. The lowest BCUT2D eigenvalue weighted by molar-refractivity contribution is -0.116. The van der Waals surface area contributed by atoms with Gasteiger partial charge in [0.1, 0.15) is 11.9 Å². The van der Waals surface area contributed by atoms with E-state index in [9.17, 15) is 17.6 Å². The number of carbonyl (C=O) groups excluding carboxylic acids is 1. The van der Waals surface area contributed by atoms with Crippen molar-refractivity contribution in [1.82, 2.24) is 0 Å². The van der Waals surface area contributed by atoms with Crippen LogP contribution in [-0.4, -0.2) is 39.7 Å². The van der Waals surface area contributed by atoms with Crippen LogP contribution in [0.4, 0.5) is 21.5 Å². The molecule has 0 saturated carbocycles. The highest BCUT2D eigenvalue weighted by molar-refractivity contribution is 7.92. The van der Waals surface area contributed by atoms with Gasteiger partial charge in [-0.05, 0) is 68.3 Å². The molecule has 3 rings (SSSR count). The molecule has 0 radical (unpaired) electrons. The molecule has 1 aliphatic rings. The Labute approximate surface area is 165 Å². The summed E-state index contributed by atoms with van der Waals surface area (Å²) in [5.41, 5.74) is 1.93. The molecule has 1 fully saturated rings. The number of amides is 1. The fraction of sp³-hybridized carbons (Fsp3) is 0.350. The van der Waals surface area contributed by atoms with Gasteiger partial charge in [0.2, 0.25) is 15.9 Å². The Hall–Kier alpha value is -2.61. The van der Waals surface area contributed by atoms with Gasteiger partial charge in [0.25, 0.3) is 0 Å². The molecule has 0 aliphatic carbocycles. The van der Waals surface area contributed by atoms with E-state index in [1.807, 2.05) is 12.1 Å². The van der Waals surface area contributed by atoms with E-state index < -0.39 is 27.8 Å². The predicted octanol–water partition coefficient (Wildman–Crippen LogP) is 3.22. The maximum absolute atomic E-state index is 13.2. The maximum atomic E-state index is 13.2. The monoisotopic (exact) mass is 405 g/mol. The van der Waals surface area contributed by atoms with Crippen LogP contribution in [0.5, 0.6) is 0 Å². The Bertz CT molecular complexity index is 924. The highest BCUT2D eigenvalue weighted by Crippen LogP contribution is 2.24. The van der Waals surface area contributed by atoms with Crippen LogP contribution < -0.4 is 14.5 Å². The van der Waals surface area contributed by atoms with Crippen molar-refractivity contribution in [1.29, 1.82) is 0 Å². The van der Waals surface area contributed by atoms with E-state index in [2.05, 4.69) is 10.2 Å². The molecular formula is C20H24FN3O3S. The lowest BCUT2D eigenvalue weighted by Crippen LogP contribution is -2.45. The number of hydrogen-bond donors (Lipinski definition) is 1. The first kappa shape index (κ1) is 20.1. The van der Waals surface area contributed by atoms with Gasteiger partial charge in [-0.1, -0.05) is 0 Å². The molecule has 1 atom stereocenters. The molecule has 0 bridgehead atoms. The third kappa shape index (κ3) is 4.62. The molecular weight excluding hydrogens is 381 g/mol. The zero-order chi connectivity index (χ0) is 20.3. The molecule has 0 aromatic heterocycles. The number of anilines is 3. The Balaban J connectivity index is 1.75. The summed E-state index contributed by atoms with van der Waals surface area (Å²) >= 11 is 0. The summed E-state index contributed by atoms with van der Waals surface area (Å²) in [5, 5.41) is 2.76. The number of rotatable bonds is 6. The van der Waals surface area contributed by atoms with E-state index in [0.717, 1.165) is 41.5 Å². The number of halogens is 1. The molecule has 1 amide bonds. The Morgan fingerprint density at radius 2 is 1.64 bits per heavy atom. The summed E-state index contributed by atoms with van der Waals surface area (Å²) in [5.74, 6) is -0.948. The van der Waals surface area contributed by atoms with Gasteiger partial charge in [-0.3, -0.25) is 9.10 Å². The summed E-state index contributed by atoms with van der Waals surface area (Å²) in [6.07, 6.45) is 3.38. The molecule has 1 saturated heterocycles. The fourth-order valence-corrected chi connectivity index (χ4v) is 4.55. The molecule has 2 aromatic carbocycles. The zero-order valence-corrected chi connectivity index (χ0v) is 16.7. The lowest BCUT2D eigenvalue weighted by atomic mass is 10.2. The summed E-state index contributed by atoms with van der Waals surface area (Å²) in [7, 11) is -3.74. The third-order valence-corrected chi connectivity index (χ3v) is 6.02. The van der Waals surface area contributed by atoms with Crippen LogP contribution in [0, 0.1) is 5.82 Å². The van der Waals surface area contributed by atoms with Gasteiger partial charge in [0.05, 0.1) is 11.9 Å². The van der Waals surface area contributed by atoms with Gasteiger partial charge in [0, 0.05) is 24.5 Å². The number of carbonyl (C=O) groups is 1. The van der Waals surface area contributed by atoms with Crippen LogP contribution in [0.15, 0.2) is 48.5 Å². The first-order valence-corrected chi connectivity index (χ1v) is 11.0. The van der Waals surface area contributed by atoms with E-state index in [0.29, 0.717) is 5.69 Å². The van der Waals surface area contributed by atoms with Crippen molar-refractivity contribution in [2.45, 2.75) is 25.8 Å². The maximum Gasteiger partial charge on any atom is 0.247 e. The molecule has 1 aliphatic heterocycles. The molecule has 150 valence electrons. The van der Waals surface area contributed by atoms with Gasteiger partial charge >= 0.3 is 0 Å². The molecule has 0 spiro atoms. The van der Waals surface area contributed by atoms with Crippen LogP contribution in [0.2, 0.25) is 0 Å². The largest absolute Gasteiger partial charge is 0.372 e. The molecule has 1 heterocycles. The molecule has 28 heavy (non-hydrogen) atoms. The lowest BCUT2D eigenvalue weighted by Gasteiger charge is -2.28. The van der Waals surface area contributed by atoms with Crippen molar-refractivity contribution in [3.63, 3.8) is 0 Å². The van der Waals surface area contributed by atoms with Crippen molar-refractivity contribution in [3.8, 4) is 0 Å². The zero-order valence-electron chi connectivity index (χ0n) is 15.9. The number of nitrogens with one attached hydrogen (secondary N) is 1. The van der Waals surface area contributed by atoms with Crippen molar-refractivity contribution >= 4 is 33.0 Å².